The number of hydrogen-bond acceptors (Lipinski definition) is 2. The zero-order valence-corrected chi connectivity index (χ0v) is 13.9. The topological polar surface area (TPSA) is 26.3 Å². The maximum atomic E-state index is 11.9. The Hall–Kier alpha value is -0.790. The van der Waals surface area contributed by atoms with Crippen LogP contribution < -0.4 is 0 Å². The van der Waals surface area contributed by atoms with Crippen molar-refractivity contribution < 1.29 is 9.53 Å². The van der Waals surface area contributed by atoms with Crippen molar-refractivity contribution in [3.8, 4) is 0 Å². The van der Waals surface area contributed by atoms with Crippen LogP contribution in [0, 0.1) is 11.3 Å². The molecule has 1 unspecified atom stereocenters. The highest BCUT2D eigenvalue weighted by Gasteiger charge is 2.44. The van der Waals surface area contributed by atoms with Crippen molar-refractivity contribution in [3.05, 3.63) is 12.2 Å². The van der Waals surface area contributed by atoms with Crippen LogP contribution in [-0.2, 0) is 9.53 Å². The molecule has 0 aromatic carbocycles. The standard InChI is InChI=1S/C17H32O2/c1-9-10-11-16(6,7)17(8,12-13(2)3)19-15(18)14(4)5/h13H,4,9-12H2,1-3,5-8H3. The van der Waals surface area contributed by atoms with Crippen molar-refractivity contribution in [1.82, 2.24) is 0 Å². The molecular formula is C17H32O2. The van der Waals surface area contributed by atoms with Crippen LogP contribution in [0.4, 0.5) is 0 Å². The Morgan fingerprint density at radius 3 is 2.16 bits per heavy atom. The van der Waals surface area contributed by atoms with E-state index in [2.05, 4.69) is 48.1 Å². The molecule has 0 saturated heterocycles. The molecule has 0 aliphatic rings. The number of unbranched alkanes of at least 4 members (excludes halogenated alkanes) is 1. The first-order valence-electron chi connectivity index (χ1n) is 7.44. The first kappa shape index (κ1) is 18.2. The molecule has 0 rings (SSSR count). The molecule has 0 heterocycles. The third-order valence-electron chi connectivity index (χ3n) is 4.05. The Morgan fingerprint density at radius 2 is 1.79 bits per heavy atom. The highest BCUT2D eigenvalue weighted by molar-refractivity contribution is 5.87. The Bertz CT molecular complexity index is 315. The van der Waals surface area contributed by atoms with Crippen LogP contribution in [0.5, 0.6) is 0 Å². The maximum absolute atomic E-state index is 11.9. The molecule has 0 fully saturated rings. The SMILES string of the molecule is C=C(C)C(=O)OC(C)(CC(C)C)C(C)(C)CCCC. The minimum absolute atomic E-state index is 0.0294. The van der Waals surface area contributed by atoms with Gasteiger partial charge in [0.25, 0.3) is 0 Å². The van der Waals surface area contributed by atoms with E-state index < -0.39 is 5.60 Å². The molecule has 2 heteroatoms. The number of hydrogen-bond donors (Lipinski definition) is 0. The van der Waals surface area contributed by atoms with E-state index in [0.717, 1.165) is 25.7 Å². The third kappa shape index (κ3) is 5.38. The molecule has 0 bridgehead atoms. The molecule has 0 spiro atoms. The summed E-state index contributed by atoms with van der Waals surface area (Å²) in [4.78, 5) is 11.9. The van der Waals surface area contributed by atoms with Crippen LogP contribution in [0.3, 0.4) is 0 Å². The van der Waals surface area contributed by atoms with E-state index in [1.807, 2.05) is 0 Å². The van der Waals surface area contributed by atoms with Gasteiger partial charge < -0.3 is 4.74 Å². The number of rotatable bonds is 8. The smallest absolute Gasteiger partial charge is 0.333 e. The molecule has 0 aliphatic carbocycles. The van der Waals surface area contributed by atoms with Gasteiger partial charge in [0.2, 0.25) is 0 Å². The molecule has 1 atom stereocenters. The lowest BCUT2D eigenvalue weighted by Gasteiger charge is -2.45. The molecule has 0 aromatic rings. The number of esters is 1. The summed E-state index contributed by atoms with van der Waals surface area (Å²) in [5, 5.41) is 0. The summed E-state index contributed by atoms with van der Waals surface area (Å²) < 4.78 is 5.83. The van der Waals surface area contributed by atoms with Gasteiger partial charge in [0, 0.05) is 11.0 Å². The zero-order chi connectivity index (χ0) is 15.3. The largest absolute Gasteiger partial charge is 0.455 e. The van der Waals surface area contributed by atoms with E-state index in [4.69, 9.17) is 4.74 Å². The number of ether oxygens (including phenoxy) is 1. The molecule has 0 saturated carbocycles. The van der Waals surface area contributed by atoms with Crippen molar-refractivity contribution in [1.29, 1.82) is 0 Å². The van der Waals surface area contributed by atoms with Crippen molar-refractivity contribution in [2.45, 2.75) is 79.8 Å². The van der Waals surface area contributed by atoms with Crippen LogP contribution >= 0.6 is 0 Å². The van der Waals surface area contributed by atoms with Crippen LogP contribution in [0.25, 0.3) is 0 Å². The first-order valence-corrected chi connectivity index (χ1v) is 7.44. The van der Waals surface area contributed by atoms with E-state index in [1.165, 1.54) is 0 Å². The van der Waals surface area contributed by atoms with Gasteiger partial charge in [-0.25, -0.2) is 4.79 Å². The average molecular weight is 268 g/mol. The Balaban J connectivity index is 5.14. The minimum Gasteiger partial charge on any atom is -0.455 e. The second-order valence-corrected chi connectivity index (χ2v) is 6.99. The van der Waals surface area contributed by atoms with E-state index in [1.54, 1.807) is 6.92 Å². The second-order valence-electron chi connectivity index (χ2n) is 6.99. The molecule has 0 aromatic heterocycles. The average Bonchev–Trinajstić information content (AvgIpc) is 2.24. The van der Waals surface area contributed by atoms with Gasteiger partial charge in [-0.1, -0.05) is 54.0 Å². The summed E-state index contributed by atoms with van der Waals surface area (Å²) in [6.45, 7) is 18.4. The number of carbonyl (C=O) groups excluding carboxylic acids is 1. The number of carbonyl (C=O) groups is 1. The quantitative estimate of drug-likeness (QED) is 0.451. The lowest BCUT2D eigenvalue weighted by molar-refractivity contribution is -0.170. The summed E-state index contributed by atoms with van der Waals surface area (Å²) >= 11 is 0. The van der Waals surface area contributed by atoms with Crippen molar-refractivity contribution >= 4 is 5.97 Å². The van der Waals surface area contributed by atoms with Gasteiger partial charge in [-0.15, -0.1) is 0 Å². The van der Waals surface area contributed by atoms with Crippen molar-refractivity contribution in [3.63, 3.8) is 0 Å². The molecule has 0 radical (unpaired) electrons. The zero-order valence-electron chi connectivity index (χ0n) is 13.9. The predicted molar refractivity (Wildman–Crippen MR) is 82.1 cm³/mol. The normalized spacial score (nSPS) is 15.2. The van der Waals surface area contributed by atoms with Gasteiger partial charge in [0.1, 0.15) is 5.60 Å². The van der Waals surface area contributed by atoms with Gasteiger partial charge in [0.05, 0.1) is 0 Å². The summed E-state index contributed by atoms with van der Waals surface area (Å²) in [5.74, 6) is 0.219. The Morgan fingerprint density at radius 1 is 1.26 bits per heavy atom. The van der Waals surface area contributed by atoms with Crippen LogP contribution in [0.1, 0.15) is 74.1 Å². The van der Waals surface area contributed by atoms with E-state index in [0.29, 0.717) is 11.5 Å². The molecule has 19 heavy (non-hydrogen) atoms. The monoisotopic (exact) mass is 268 g/mol. The van der Waals surface area contributed by atoms with Gasteiger partial charge in [-0.2, -0.15) is 0 Å². The van der Waals surface area contributed by atoms with Gasteiger partial charge in [0.15, 0.2) is 0 Å². The lowest BCUT2D eigenvalue weighted by Crippen LogP contribution is -2.47. The summed E-state index contributed by atoms with van der Waals surface area (Å²) in [6.07, 6.45) is 4.26. The van der Waals surface area contributed by atoms with E-state index in [-0.39, 0.29) is 11.4 Å². The van der Waals surface area contributed by atoms with Crippen LogP contribution in [-0.4, -0.2) is 11.6 Å². The highest BCUT2D eigenvalue weighted by Crippen LogP contribution is 2.43. The summed E-state index contributed by atoms with van der Waals surface area (Å²) in [5.41, 5.74) is 0.00590. The minimum atomic E-state index is -0.438. The second kappa shape index (κ2) is 7.12. The molecule has 2 nitrogen and oxygen atoms in total. The van der Waals surface area contributed by atoms with Crippen molar-refractivity contribution in [2.75, 3.05) is 0 Å². The van der Waals surface area contributed by atoms with E-state index >= 15 is 0 Å². The summed E-state index contributed by atoms with van der Waals surface area (Å²) in [6, 6.07) is 0. The van der Waals surface area contributed by atoms with E-state index in [9.17, 15) is 4.79 Å². The highest BCUT2D eigenvalue weighted by atomic mass is 16.6. The molecular weight excluding hydrogens is 236 g/mol. The fourth-order valence-electron chi connectivity index (χ4n) is 2.41. The molecule has 0 amide bonds. The first-order chi connectivity index (χ1) is 8.55. The molecule has 0 N–H and O–H groups in total. The fraction of sp³-hybridized carbons (Fsp3) is 0.824. The van der Waals surface area contributed by atoms with Gasteiger partial charge in [-0.05, 0) is 32.6 Å². The molecule has 112 valence electrons. The maximum Gasteiger partial charge on any atom is 0.333 e. The summed E-state index contributed by atoms with van der Waals surface area (Å²) in [7, 11) is 0. The van der Waals surface area contributed by atoms with Crippen LogP contribution in [0.2, 0.25) is 0 Å². The van der Waals surface area contributed by atoms with Crippen LogP contribution in [0.15, 0.2) is 12.2 Å². The third-order valence-corrected chi connectivity index (χ3v) is 4.05. The fourth-order valence-corrected chi connectivity index (χ4v) is 2.41. The van der Waals surface area contributed by atoms with Gasteiger partial charge in [-0.3, -0.25) is 0 Å². The molecule has 0 aliphatic heterocycles. The predicted octanol–water partition coefficient (Wildman–Crippen LogP) is 5.13. The van der Waals surface area contributed by atoms with Gasteiger partial charge >= 0.3 is 5.97 Å². The lowest BCUT2D eigenvalue weighted by atomic mass is 9.69. The Kier molecular flexibility index (Phi) is 6.82. The van der Waals surface area contributed by atoms with Crippen molar-refractivity contribution in [2.24, 2.45) is 11.3 Å². The Labute approximate surface area is 119 Å².